The van der Waals surface area contributed by atoms with Crippen LogP contribution in [-0.4, -0.2) is 13.4 Å². The summed E-state index contributed by atoms with van der Waals surface area (Å²) < 4.78 is 31.3. The van der Waals surface area contributed by atoms with Crippen molar-refractivity contribution in [1.29, 1.82) is 0 Å². The summed E-state index contributed by atoms with van der Waals surface area (Å²) in [6, 6.07) is 6.45. The standard InChI is InChI=1S/C11H13N3O3S/c12-6-9-3-4-11(8-13-9)18(15,16)14-7-10-2-1-5-17-10/h1-5,8,14H,6-7,12H2. The van der Waals surface area contributed by atoms with E-state index in [-0.39, 0.29) is 18.0 Å². The molecule has 0 aliphatic heterocycles. The molecule has 0 bridgehead atoms. The Bertz CT molecular complexity index is 591. The zero-order valence-corrected chi connectivity index (χ0v) is 10.4. The van der Waals surface area contributed by atoms with E-state index in [4.69, 9.17) is 10.2 Å². The summed E-state index contributed by atoms with van der Waals surface area (Å²) in [5.41, 5.74) is 6.03. The number of rotatable bonds is 5. The molecule has 0 saturated heterocycles. The number of furan rings is 1. The van der Waals surface area contributed by atoms with E-state index in [0.29, 0.717) is 11.5 Å². The zero-order chi connectivity index (χ0) is 13.0. The Morgan fingerprint density at radius 1 is 1.33 bits per heavy atom. The van der Waals surface area contributed by atoms with Gasteiger partial charge in [0, 0.05) is 12.7 Å². The predicted molar refractivity (Wildman–Crippen MR) is 64.9 cm³/mol. The van der Waals surface area contributed by atoms with Gasteiger partial charge in [-0.3, -0.25) is 4.98 Å². The molecule has 2 aromatic heterocycles. The van der Waals surface area contributed by atoms with Crippen molar-refractivity contribution in [3.8, 4) is 0 Å². The summed E-state index contributed by atoms with van der Waals surface area (Å²) in [5.74, 6) is 0.546. The highest BCUT2D eigenvalue weighted by molar-refractivity contribution is 7.89. The van der Waals surface area contributed by atoms with Crippen LogP contribution in [0.15, 0.2) is 46.0 Å². The van der Waals surface area contributed by atoms with Gasteiger partial charge in [-0.05, 0) is 24.3 Å². The molecule has 3 N–H and O–H groups in total. The summed E-state index contributed by atoms with van der Waals surface area (Å²) in [4.78, 5) is 4.04. The van der Waals surface area contributed by atoms with Crippen molar-refractivity contribution >= 4 is 10.0 Å². The average molecular weight is 267 g/mol. The lowest BCUT2D eigenvalue weighted by molar-refractivity contribution is 0.498. The molecule has 0 radical (unpaired) electrons. The van der Waals surface area contributed by atoms with Gasteiger partial charge in [0.1, 0.15) is 10.7 Å². The molecule has 0 aromatic carbocycles. The third-order valence-corrected chi connectivity index (χ3v) is 3.72. The van der Waals surface area contributed by atoms with E-state index in [1.54, 1.807) is 18.2 Å². The van der Waals surface area contributed by atoms with Gasteiger partial charge < -0.3 is 10.2 Å². The van der Waals surface area contributed by atoms with Gasteiger partial charge in [0.25, 0.3) is 0 Å². The molecule has 7 heteroatoms. The summed E-state index contributed by atoms with van der Waals surface area (Å²) in [6.07, 6.45) is 2.77. The van der Waals surface area contributed by atoms with Crippen LogP contribution >= 0.6 is 0 Å². The lowest BCUT2D eigenvalue weighted by Crippen LogP contribution is -2.23. The molecule has 2 heterocycles. The highest BCUT2D eigenvalue weighted by Crippen LogP contribution is 2.09. The van der Waals surface area contributed by atoms with Crippen LogP contribution in [0.1, 0.15) is 11.5 Å². The van der Waals surface area contributed by atoms with Crippen LogP contribution in [-0.2, 0) is 23.1 Å². The van der Waals surface area contributed by atoms with Crippen molar-refractivity contribution in [1.82, 2.24) is 9.71 Å². The van der Waals surface area contributed by atoms with E-state index in [2.05, 4.69) is 9.71 Å². The summed E-state index contributed by atoms with van der Waals surface area (Å²) in [7, 11) is -3.57. The number of hydrogen-bond donors (Lipinski definition) is 2. The first-order valence-corrected chi connectivity index (χ1v) is 6.77. The molecule has 2 rings (SSSR count). The third-order valence-electron chi connectivity index (χ3n) is 2.33. The highest BCUT2D eigenvalue weighted by atomic mass is 32.2. The van der Waals surface area contributed by atoms with E-state index in [1.807, 2.05) is 0 Å². The molecule has 0 aliphatic carbocycles. The molecule has 0 amide bonds. The van der Waals surface area contributed by atoms with Crippen molar-refractivity contribution in [2.45, 2.75) is 18.0 Å². The van der Waals surface area contributed by atoms with Crippen molar-refractivity contribution in [3.63, 3.8) is 0 Å². The van der Waals surface area contributed by atoms with Gasteiger partial charge in [-0.15, -0.1) is 0 Å². The second-order valence-electron chi connectivity index (χ2n) is 3.59. The highest BCUT2D eigenvalue weighted by Gasteiger charge is 2.14. The van der Waals surface area contributed by atoms with Crippen molar-refractivity contribution in [3.05, 3.63) is 48.2 Å². The van der Waals surface area contributed by atoms with Crippen LogP contribution in [0.4, 0.5) is 0 Å². The minimum Gasteiger partial charge on any atom is -0.468 e. The average Bonchev–Trinajstić information content (AvgIpc) is 2.90. The largest absolute Gasteiger partial charge is 0.468 e. The maximum Gasteiger partial charge on any atom is 0.242 e. The Morgan fingerprint density at radius 3 is 2.72 bits per heavy atom. The van der Waals surface area contributed by atoms with Crippen molar-refractivity contribution in [2.75, 3.05) is 0 Å². The number of nitrogens with two attached hydrogens (primary N) is 1. The van der Waals surface area contributed by atoms with E-state index in [9.17, 15) is 8.42 Å². The van der Waals surface area contributed by atoms with Crippen LogP contribution in [0.5, 0.6) is 0 Å². The second kappa shape index (κ2) is 5.30. The molecule has 0 unspecified atom stereocenters. The number of sulfonamides is 1. The monoisotopic (exact) mass is 267 g/mol. The SMILES string of the molecule is NCc1ccc(S(=O)(=O)NCc2ccco2)cn1. The maximum atomic E-state index is 11.9. The second-order valence-corrected chi connectivity index (χ2v) is 5.36. The van der Waals surface area contributed by atoms with E-state index >= 15 is 0 Å². The molecular formula is C11H13N3O3S. The lowest BCUT2D eigenvalue weighted by Gasteiger charge is -2.05. The Hall–Kier alpha value is -1.70. The fraction of sp³-hybridized carbons (Fsp3) is 0.182. The summed E-state index contributed by atoms with van der Waals surface area (Å²) in [5, 5.41) is 0. The molecule has 0 saturated carbocycles. The fourth-order valence-corrected chi connectivity index (χ4v) is 2.29. The normalized spacial score (nSPS) is 11.6. The third kappa shape index (κ3) is 2.95. The minimum absolute atomic E-state index is 0.103. The molecule has 0 aliphatic rings. The first kappa shape index (κ1) is 12.7. The number of nitrogens with zero attached hydrogens (tertiary/aromatic N) is 1. The Kier molecular flexibility index (Phi) is 3.75. The molecule has 18 heavy (non-hydrogen) atoms. The van der Waals surface area contributed by atoms with E-state index < -0.39 is 10.0 Å². The van der Waals surface area contributed by atoms with Crippen LogP contribution in [0.3, 0.4) is 0 Å². The van der Waals surface area contributed by atoms with Crippen LogP contribution in [0.25, 0.3) is 0 Å². The van der Waals surface area contributed by atoms with Crippen LogP contribution in [0.2, 0.25) is 0 Å². The molecule has 6 nitrogen and oxygen atoms in total. The quantitative estimate of drug-likeness (QED) is 0.827. The van der Waals surface area contributed by atoms with Gasteiger partial charge in [0.2, 0.25) is 10.0 Å². The van der Waals surface area contributed by atoms with E-state index in [1.165, 1.54) is 18.5 Å². The molecule has 2 aromatic rings. The lowest BCUT2D eigenvalue weighted by atomic mass is 10.4. The minimum atomic E-state index is -3.57. The van der Waals surface area contributed by atoms with Gasteiger partial charge in [0.05, 0.1) is 18.5 Å². The first-order chi connectivity index (χ1) is 8.62. The summed E-state index contributed by atoms with van der Waals surface area (Å²) >= 11 is 0. The number of hydrogen-bond acceptors (Lipinski definition) is 5. The van der Waals surface area contributed by atoms with E-state index in [0.717, 1.165) is 0 Å². The molecule has 96 valence electrons. The van der Waals surface area contributed by atoms with Gasteiger partial charge in [-0.2, -0.15) is 0 Å². The number of nitrogens with one attached hydrogen (secondary N) is 1. The van der Waals surface area contributed by atoms with Gasteiger partial charge in [-0.1, -0.05) is 0 Å². The number of pyridine rings is 1. The Labute approximate surface area is 105 Å². The van der Waals surface area contributed by atoms with Crippen LogP contribution in [0, 0.1) is 0 Å². The zero-order valence-electron chi connectivity index (χ0n) is 9.54. The van der Waals surface area contributed by atoms with Gasteiger partial charge in [-0.25, -0.2) is 13.1 Å². The van der Waals surface area contributed by atoms with Crippen molar-refractivity contribution < 1.29 is 12.8 Å². The van der Waals surface area contributed by atoms with Crippen LogP contribution < -0.4 is 10.5 Å². The van der Waals surface area contributed by atoms with Gasteiger partial charge >= 0.3 is 0 Å². The van der Waals surface area contributed by atoms with Gasteiger partial charge in [0.15, 0.2) is 0 Å². The number of aromatic nitrogens is 1. The predicted octanol–water partition coefficient (Wildman–Crippen LogP) is 0.612. The Balaban J connectivity index is 2.09. The fourth-order valence-electron chi connectivity index (χ4n) is 1.35. The molecule has 0 spiro atoms. The summed E-state index contributed by atoms with van der Waals surface area (Å²) in [6.45, 7) is 0.383. The first-order valence-electron chi connectivity index (χ1n) is 5.29. The molecule has 0 fully saturated rings. The maximum absolute atomic E-state index is 11.9. The molecular weight excluding hydrogens is 254 g/mol. The topological polar surface area (TPSA) is 98.2 Å². The smallest absolute Gasteiger partial charge is 0.242 e. The van der Waals surface area contributed by atoms with Crippen molar-refractivity contribution in [2.24, 2.45) is 5.73 Å². The Morgan fingerprint density at radius 2 is 2.17 bits per heavy atom. The molecule has 0 atom stereocenters.